The number of thiazole rings is 1. The zero-order valence-electron chi connectivity index (χ0n) is 20.9. The molecular formula is C23H24N6O7S3. The number of carboxylic acids is 2. The van der Waals surface area contributed by atoms with Gasteiger partial charge in [0, 0.05) is 22.8 Å². The van der Waals surface area contributed by atoms with Crippen LogP contribution in [0.5, 0.6) is 0 Å². The van der Waals surface area contributed by atoms with Crippen molar-refractivity contribution in [1.29, 1.82) is 0 Å². The first-order valence-electron chi connectivity index (χ1n) is 11.4. The third kappa shape index (κ3) is 5.86. The number of carbonyl (C=O) groups is 4. The molecule has 4 heterocycles. The Balaban J connectivity index is 1.55. The average molecular weight is 593 g/mol. The van der Waals surface area contributed by atoms with Crippen molar-refractivity contribution in [2.75, 3.05) is 17.7 Å². The van der Waals surface area contributed by atoms with E-state index in [2.05, 4.69) is 15.5 Å². The molecule has 2 unspecified atom stereocenters. The number of anilines is 1. The number of nitrogens with zero attached hydrogens (tertiary/aromatic N) is 4. The lowest BCUT2D eigenvalue weighted by Crippen LogP contribution is -2.71. The minimum Gasteiger partial charge on any atom is -0.543 e. The Morgan fingerprint density at radius 3 is 2.79 bits per heavy atom. The standard InChI is InChI=1S/C23H24N6O7S3/c1-23(2,21(34)35)36-27-14(13-10-39-22(24)25-13)17(30)26-15-18(31)29-16(20(32)33)11(9-38-19(15)29)7-28-6-4-5-12(8-28)37-3/h4-6,8,10,15,19H,7,9H2,1-3H3,(H4-,24,25,26,30,32,33,34,35)/b27-14-. The molecule has 0 aromatic carbocycles. The van der Waals surface area contributed by atoms with Gasteiger partial charge in [-0.15, -0.1) is 34.9 Å². The number of aliphatic carboxylic acids is 2. The minimum absolute atomic E-state index is 0.0261. The Labute approximate surface area is 235 Å². The number of nitrogens with two attached hydrogens (primary N) is 1. The van der Waals surface area contributed by atoms with Crippen LogP contribution < -0.4 is 20.7 Å². The van der Waals surface area contributed by atoms with Gasteiger partial charge in [0.2, 0.25) is 5.60 Å². The number of nitrogen functional groups attached to an aromatic ring is 1. The van der Waals surface area contributed by atoms with E-state index in [1.165, 1.54) is 31.0 Å². The number of β-lactam (4-membered cyclic amide) rings is 1. The summed E-state index contributed by atoms with van der Waals surface area (Å²) >= 11 is 3.87. The lowest BCUT2D eigenvalue weighted by atomic mass is 10.0. The van der Waals surface area contributed by atoms with Gasteiger partial charge < -0.3 is 30.9 Å². The number of carboxylic acid groups (broad SMARTS) is 2. The predicted octanol–water partition coefficient (Wildman–Crippen LogP) is -0.577. The van der Waals surface area contributed by atoms with Crippen molar-refractivity contribution in [3.8, 4) is 0 Å². The summed E-state index contributed by atoms with van der Waals surface area (Å²) in [5, 5.41) is 28.5. The topological polar surface area (TPSA) is 191 Å². The summed E-state index contributed by atoms with van der Waals surface area (Å²) in [7, 11) is 0. The van der Waals surface area contributed by atoms with E-state index in [9.17, 15) is 29.4 Å². The number of thioether (sulfide) groups is 2. The van der Waals surface area contributed by atoms with Crippen molar-refractivity contribution in [3.63, 3.8) is 0 Å². The van der Waals surface area contributed by atoms with E-state index >= 15 is 0 Å². The first-order valence-corrected chi connectivity index (χ1v) is 14.5. The molecule has 1 saturated heterocycles. The lowest BCUT2D eigenvalue weighted by Gasteiger charge is -2.50. The molecule has 0 aliphatic carbocycles. The zero-order valence-corrected chi connectivity index (χ0v) is 23.4. The Kier molecular flexibility index (Phi) is 8.17. The number of amides is 2. The van der Waals surface area contributed by atoms with E-state index in [-0.39, 0.29) is 28.8 Å². The number of pyridine rings is 1. The lowest BCUT2D eigenvalue weighted by molar-refractivity contribution is -0.690. The van der Waals surface area contributed by atoms with Crippen molar-refractivity contribution in [1.82, 2.24) is 15.2 Å². The molecule has 4 rings (SSSR count). The van der Waals surface area contributed by atoms with Gasteiger partial charge in [-0.1, -0.05) is 5.16 Å². The maximum atomic E-state index is 13.2. The second-order valence-corrected chi connectivity index (χ2v) is 11.8. The van der Waals surface area contributed by atoms with Gasteiger partial charge in [-0.05, 0) is 26.2 Å². The van der Waals surface area contributed by atoms with Crippen molar-refractivity contribution in [2.24, 2.45) is 5.16 Å². The van der Waals surface area contributed by atoms with Crippen LogP contribution in [0.1, 0.15) is 19.5 Å². The zero-order chi connectivity index (χ0) is 28.5. The smallest absolute Gasteiger partial charge is 0.350 e. The molecule has 0 spiro atoms. The van der Waals surface area contributed by atoms with Crippen LogP contribution >= 0.6 is 34.9 Å². The molecule has 2 aliphatic rings. The number of oxime groups is 1. The fourth-order valence-corrected chi connectivity index (χ4v) is 6.08. The van der Waals surface area contributed by atoms with Gasteiger partial charge in [-0.3, -0.25) is 14.5 Å². The third-order valence-electron chi connectivity index (χ3n) is 5.83. The average Bonchev–Trinajstić information content (AvgIpc) is 3.32. The Hall–Kier alpha value is -3.63. The molecule has 13 nitrogen and oxygen atoms in total. The Bertz CT molecular complexity index is 1410. The largest absolute Gasteiger partial charge is 0.543 e. The molecule has 2 atom stereocenters. The molecule has 16 heteroatoms. The predicted molar refractivity (Wildman–Crippen MR) is 141 cm³/mol. The fraction of sp³-hybridized carbons (Fsp3) is 0.348. The van der Waals surface area contributed by atoms with Gasteiger partial charge in [0.15, 0.2) is 29.8 Å². The van der Waals surface area contributed by atoms with E-state index in [1.54, 1.807) is 18.0 Å². The number of carbonyl (C=O) groups excluding carboxylic acids is 3. The first-order chi connectivity index (χ1) is 18.4. The van der Waals surface area contributed by atoms with E-state index in [0.29, 0.717) is 11.3 Å². The van der Waals surface area contributed by atoms with Crippen molar-refractivity contribution in [3.05, 3.63) is 46.9 Å². The maximum absolute atomic E-state index is 13.2. The molecular weight excluding hydrogens is 568 g/mol. The third-order valence-corrected chi connectivity index (χ3v) is 8.55. The number of nitrogens with one attached hydrogen (secondary N) is 1. The number of hydrogen-bond acceptors (Lipinski definition) is 12. The highest BCUT2D eigenvalue weighted by molar-refractivity contribution is 8.00. The van der Waals surface area contributed by atoms with Crippen LogP contribution in [-0.2, 0) is 30.6 Å². The first kappa shape index (κ1) is 28.4. The van der Waals surface area contributed by atoms with Gasteiger partial charge in [0.1, 0.15) is 17.1 Å². The second kappa shape index (κ2) is 11.2. The summed E-state index contributed by atoms with van der Waals surface area (Å²) in [5.74, 6) is -4.01. The highest BCUT2D eigenvalue weighted by Gasteiger charge is 2.53. The number of rotatable bonds is 10. The van der Waals surface area contributed by atoms with Crippen LogP contribution in [0, 0.1) is 0 Å². The maximum Gasteiger partial charge on any atom is 0.350 e. The molecule has 2 amide bonds. The van der Waals surface area contributed by atoms with Crippen LogP contribution in [0.4, 0.5) is 5.13 Å². The molecule has 1 fully saturated rings. The molecule has 0 radical (unpaired) electrons. The van der Waals surface area contributed by atoms with Crippen LogP contribution in [0.25, 0.3) is 0 Å². The SMILES string of the molecule is CSc1ccc[n+](CC2=C(C(=O)[O-])N3C(=O)C(NC(=O)/C(=N\OC(C)(C)C(=O)O)c4csc(N)n4)C3SC2)c1. The van der Waals surface area contributed by atoms with E-state index in [0.717, 1.165) is 21.1 Å². The number of aromatic nitrogens is 2. The number of hydrogen-bond donors (Lipinski definition) is 3. The van der Waals surface area contributed by atoms with Gasteiger partial charge in [-0.25, -0.2) is 9.78 Å². The van der Waals surface area contributed by atoms with Crippen molar-refractivity contribution >= 4 is 69.5 Å². The molecule has 2 aliphatic heterocycles. The Morgan fingerprint density at radius 1 is 1.44 bits per heavy atom. The van der Waals surface area contributed by atoms with Gasteiger partial charge in [0.25, 0.3) is 11.8 Å². The van der Waals surface area contributed by atoms with Gasteiger partial charge >= 0.3 is 5.97 Å². The van der Waals surface area contributed by atoms with Gasteiger partial charge in [0.05, 0.1) is 16.6 Å². The summed E-state index contributed by atoms with van der Waals surface area (Å²) in [5.41, 5.74) is 3.84. The van der Waals surface area contributed by atoms with Crippen molar-refractivity contribution in [2.45, 2.75) is 42.3 Å². The minimum atomic E-state index is -1.76. The van der Waals surface area contributed by atoms with E-state index in [1.807, 2.05) is 29.2 Å². The molecule has 2 aromatic heterocycles. The molecule has 2 aromatic rings. The quantitative estimate of drug-likeness (QED) is 0.105. The second-order valence-electron chi connectivity index (χ2n) is 8.93. The summed E-state index contributed by atoms with van der Waals surface area (Å²) < 4.78 is 1.83. The highest BCUT2D eigenvalue weighted by Crippen LogP contribution is 2.40. The number of fused-ring (bicyclic) bond motifs is 1. The Morgan fingerprint density at radius 2 is 2.18 bits per heavy atom. The van der Waals surface area contributed by atoms with Crippen LogP contribution in [0.15, 0.2) is 51.2 Å². The van der Waals surface area contributed by atoms with Crippen LogP contribution in [-0.4, -0.2) is 73.5 Å². The summed E-state index contributed by atoms with van der Waals surface area (Å²) in [6, 6.07) is 2.71. The molecule has 39 heavy (non-hydrogen) atoms. The van der Waals surface area contributed by atoms with Crippen LogP contribution in [0.3, 0.4) is 0 Å². The van der Waals surface area contributed by atoms with Gasteiger partial charge in [-0.2, -0.15) is 4.57 Å². The molecule has 206 valence electrons. The summed E-state index contributed by atoms with van der Waals surface area (Å²) in [6.45, 7) is 2.74. The van der Waals surface area contributed by atoms with Crippen LogP contribution in [0.2, 0.25) is 0 Å². The summed E-state index contributed by atoms with van der Waals surface area (Å²) in [4.78, 5) is 61.0. The normalized spacial score (nSPS) is 19.3. The molecule has 0 bridgehead atoms. The molecule has 0 saturated carbocycles. The van der Waals surface area contributed by atoms with E-state index < -0.39 is 40.8 Å². The molecule has 4 N–H and O–H groups in total. The highest BCUT2D eigenvalue weighted by atomic mass is 32.2. The summed E-state index contributed by atoms with van der Waals surface area (Å²) in [6.07, 6.45) is 5.61. The monoisotopic (exact) mass is 592 g/mol. The van der Waals surface area contributed by atoms with Crippen molar-refractivity contribution < 1.29 is 38.8 Å². The van der Waals surface area contributed by atoms with E-state index in [4.69, 9.17) is 10.6 Å². The fourth-order valence-electron chi connectivity index (χ4n) is 3.74.